The number of aryl methyl sites for hydroxylation is 1. The molecular formula is C9H12N4. The quantitative estimate of drug-likeness (QED) is 0.706. The van der Waals surface area contributed by atoms with Gasteiger partial charge in [0.2, 0.25) is 0 Å². The molecule has 2 aromatic heterocycles. The first-order chi connectivity index (χ1) is 6.16. The summed E-state index contributed by atoms with van der Waals surface area (Å²) in [5.74, 6) is 0. The average molecular weight is 176 g/mol. The zero-order valence-electron chi connectivity index (χ0n) is 7.73. The number of aromatic nitrogens is 3. The van der Waals surface area contributed by atoms with Crippen molar-refractivity contribution in [1.29, 1.82) is 0 Å². The molecule has 0 fully saturated rings. The highest BCUT2D eigenvalue weighted by Crippen LogP contribution is 2.09. The number of rotatable bonds is 1. The first-order valence-electron chi connectivity index (χ1n) is 4.24. The Labute approximate surface area is 76.4 Å². The van der Waals surface area contributed by atoms with Gasteiger partial charge >= 0.3 is 0 Å². The number of fused-ring (bicyclic) bond motifs is 1. The average Bonchev–Trinajstić information content (AvgIpc) is 2.42. The van der Waals surface area contributed by atoms with E-state index in [0.29, 0.717) is 0 Å². The van der Waals surface area contributed by atoms with Crippen molar-refractivity contribution in [2.24, 2.45) is 5.73 Å². The lowest BCUT2D eigenvalue weighted by Gasteiger charge is -2.03. The molecule has 0 saturated carbocycles. The standard InChI is InChI=1S/C9H12N4/c1-6-3-9-11-4-8(7(2)10)5-13(9)12-6/h3-5,7H,10H2,1-2H3. The van der Waals surface area contributed by atoms with E-state index in [-0.39, 0.29) is 6.04 Å². The lowest BCUT2D eigenvalue weighted by Crippen LogP contribution is -2.07. The van der Waals surface area contributed by atoms with Gasteiger partial charge in [-0.2, -0.15) is 5.10 Å². The summed E-state index contributed by atoms with van der Waals surface area (Å²) < 4.78 is 1.76. The van der Waals surface area contributed by atoms with Gasteiger partial charge in [0.15, 0.2) is 5.65 Å². The Bertz CT molecular complexity index is 430. The molecule has 4 nitrogen and oxygen atoms in total. The van der Waals surface area contributed by atoms with E-state index in [4.69, 9.17) is 5.73 Å². The minimum atomic E-state index is 0.00130. The summed E-state index contributed by atoms with van der Waals surface area (Å²) in [4.78, 5) is 4.24. The molecule has 2 rings (SSSR count). The molecule has 1 unspecified atom stereocenters. The number of hydrogen-bond acceptors (Lipinski definition) is 3. The molecule has 0 bridgehead atoms. The molecule has 0 amide bonds. The maximum Gasteiger partial charge on any atom is 0.155 e. The second-order valence-electron chi connectivity index (χ2n) is 3.26. The smallest absolute Gasteiger partial charge is 0.155 e. The molecule has 2 heterocycles. The lowest BCUT2D eigenvalue weighted by molar-refractivity contribution is 0.784. The van der Waals surface area contributed by atoms with Crippen LogP contribution in [0.15, 0.2) is 18.5 Å². The van der Waals surface area contributed by atoms with E-state index in [2.05, 4.69) is 10.1 Å². The first-order valence-corrected chi connectivity index (χ1v) is 4.24. The van der Waals surface area contributed by atoms with E-state index >= 15 is 0 Å². The van der Waals surface area contributed by atoms with Crippen molar-refractivity contribution in [3.8, 4) is 0 Å². The molecule has 0 aliphatic heterocycles. The predicted octanol–water partition coefficient (Wildman–Crippen LogP) is 1.06. The maximum absolute atomic E-state index is 5.73. The Kier molecular flexibility index (Phi) is 1.77. The van der Waals surface area contributed by atoms with E-state index in [1.54, 1.807) is 10.7 Å². The van der Waals surface area contributed by atoms with E-state index in [9.17, 15) is 0 Å². The van der Waals surface area contributed by atoms with Crippen LogP contribution in [-0.2, 0) is 0 Å². The topological polar surface area (TPSA) is 56.2 Å². The molecule has 1 atom stereocenters. The third kappa shape index (κ3) is 1.40. The third-order valence-corrected chi connectivity index (χ3v) is 1.98. The summed E-state index contributed by atoms with van der Waals surface area (Å²) >= 11 is 0. The van der Waals surface area contributed by atoms with E-state index in [1.807, 2.05) is 26.1 Å². The van der Waals surface area contributed by atoms with Crippen LogP contribution >= 0.6 is 0 Å². The zero-order chi connectivity index (χ0) is 9.42. The van der Waals surface area contributed by atoms with Crippen LogP contribution in [0.5, 0.6) is 0 Å². The summed E-state index contributed by atoms with van der Waals surface area (Å²) in [7, 11) is 0. The summed E-state index contributed by atoms with van der Waals surface area (Å²) in [6.45, 7) is 3.87. The van der Waals surface area contributed by atoms with Crippen molar-refractivity contribution in [2.75, 3.05) is 0 Å². The highest BCUT2D eigenvalue weighted by Gasteiger charge is 2.03. The van der Waals surface area contributed by atoms with Gasteiger partial charge in [0.25, 0.3) is 0 Å². The van der Waals surface area contributed by atoms with Gasteiger partial charge in [0.1, 0.15) is 0 Å². The van der Waals surface area contributed by atoms with Gasteiger partial charge < -0.3 is 5.73 Å². The summed E-state index contributed by atoms with van der Waals surface area (Å²) in [6.07, 6.45) is 3.71. The van der Waals surface area contributed by atoms with Crippen LogP contribution in [0.2, 0.25) is 0 Å². The highest BCUT2D eigenvalue weighted by atomic mass is 15.2. The van der Waals surface area contributed by atoms with Crippen molar-refractivity contribution in [1.82, 2.24) is 14.6 Å². The Morgan fingerprint density at radius 3 is 3.00 bits per heavy atom. The van der Waals surface area contributed by atoms with Crippen LogP contribution in [0.3, 0.4) is 0 Å². The molecular weight excluding hydrogens is 164 g/mol. The van der Waals surface area contributed by atoms with Crippen LogP contribution in [0, 0.1) is 6.92 Å². The molecule has 4 heteroatoms. The van der Waals surface area contributed by atoms with Crippen LogP contribution in [-0.4, -0.2) is 14.6 Å². The second kappa shape index (κ2) is 2.81. The fourth-order valence-electron chi connectivity index (χ4n) is 1.24. The fraction of sp³-hybridized carbons (Fsp3) is 0.333. The number of nitrogens with two attached hydrogens (primary N) is 1. The van der Waals surface area contributed by atoms with Gasteiger partial charge in [-0.15, -0.1) is 0 Å². The number of nitrogens with zero attached hydrogens (tertiary/aromatic N) is 3. The molecule has 2 aromatic rings. The maximum atomic E-state index is 5.73. The second-order valence-corrected chi connectivity index (χ2v) is 3.26. The normalized spacial score (nSPS) is 13.5. The van der Waals surface area contributed by atoms with Gasteiger partial charge in [-0.1, -0.05) is 0 Å². The summed E-state index contributed by atoms with van der Waals surface area (Å²) in [6, 6.07) is 1.94. The Morgan fingerprint density at radius 2 is 2.31 bits per heavy atom. The van der Waals surface area contributed by atoms with E-state index in [0.717, 1.165) is 16.9 Å². The monoisotopic (exact) mass is 176 g/mol. The van der Waals surface area contributed by atoms with Crippen molar-refractivity contribution >= 4 is 5.65 Å². The van der Waals surface area contributed by atoms with Crippen molar-refractivity contribution in [3.63, 3.8) is 0 Å². The predicted molar refractivity (Wildman–Crippen MR) is 50.3 cm³/mol. The van der Waals surface area contributed by atoms with E-state index < -0.39 is 0 Å². The lowest BCUT2D eigenvalue weighted by atomic mass is 10.2. The van der Waals surface area contributed by atoms with Gasteiger partial charge in [0, 0.05) is 30.1 Å². The zero-order valence-corrected chi connectivity index (χ0v) is 7.73. The van der Waals surface area contributed by atoms with Gasteiger partial charge in [-0.05, 0) is 13.8 Å². The highest BCUT2D eigenvalue weighted by molar-refractivity contribution is 5.39. The molecule has 13 heavy (non-hydrogen) atoms. The van der Waals surface area contributed by atoms with Crippen LogP contribution < -0.4 is 5.73 Å². The van der Waals surface area contributed by atoms with Gasteiger partial charge in [-0.3, -0.25) is 0 Å². The molecule has 0 aliphatic rings. The summed E-state index contributed by atoms with van der Waals surface area (Å²) in [5, 5.41) is 4.25. The molecule has 0 aromatic carbocycles. The van der Waals surface area contributed by atoms with Crippen molar-refractivity contribution in [3.05, 3.63) is 29.7 Å². The fourth-order valence-corrected chi connectivity index (χ4v) is 1.24. The Morgan fingerprint density at radius 1 is 1.54 bits per heavy atom. The van der Waals surface area contributed by atoms with Crippen LogP contribution in [0.25, 0.3) is 5.65 Å². The molecule has 0 aliphatic carbocycles. The van der Waals surface area contributed by atoms with Gasteiger partial charge in [-0.25, -0.2) is 9.50 Å². The number of hydrogen-bond donors (Lipinski definition) is 1. The van der Waals surface area contributed by atoms with Crippen LogP contribution in [0.1, 0.15) is 24.2 Å². The molecule has 68 valence electrons. The van der Waals surface area contributed by atoms with Crippen LogP contribution in [0.4, 0.5) is 0 Å². The molecule has 0 spiro atoms. The molecule has 2 N–H and O–H groups in total. The molecule has 0 saturated heterocycles. The van der Waals surface area contributed by atoms with Crippen molar-refractivity contribution < 1.29 is 0 Å². The van der Waals surface area contributed by atoms with Crippen molar-refractivity contribution in [2.45, 2.75) is 19.9 Å². The Balaban J connectivity index is 2.61. The molecule has 0 radical (unpaired) electrons. The SMILES string of the molecule is Cc1cc2ncc(C(C)N)cn2n1. The minimum absolute atomic E-state index is 0.00130. The first kappa shape index (κ1) is 8.19. The minimum Gasteiger partial charge on any atom is -0.324 e. The largest absolute Gasteiger partial charge is 0.324 e. The van der Waals surface area contributed by atoms with E-state index in [1.165, 1.54) is 0 Å². The third-order valence-electron chi connectivity index (χ3n) is 1.98. The summed E-state index contributed by atoms with van der Waals surface area (Å²) in [5.41, 5.74) is 8.56. The Hall–Kier alpha value is -1.42. The van der Waals surface area contributed by atoms with Gasteiger partial charge in [0.05, 0.1) is 5.69 Å².